The second kappa shape index (κ2) is 10.4. The molecule has 0 aliphatic rings. The molecule has 0 bridgehead atoms. The maximum atomic E-state index is 12.3. The third-order valence-electron chi connectivity index (χ3n) is 4.73. The van der Waals surface area contributed by atoms with Gasteiger partial charge in [0.15, 0.2) is 0 Å². The van der Waals surface area contributed by atoms with Crippen molar-refractivity contribution in [3.8, 4) is 22.4 Å². The molecule has 4 aromatic rings. The number of aromatic nitrogens is 2. The molecule has 2 aromatic heterocycles. The van der Waals surface area contributed by atoms with E-state index in [0.717, 1.165) is 10.6 Å². The molecule has 0 saturated heterocycles. The Morgan fingerprint density at radius 1 is 1.06 bits per heavy atom. The Morgan fingerprint density at radius 2 is 1.85 bits per heavy atom. The number of benzene rings is 2. The number of thiophene rings is 1. The third kappa shape index (κ3) is 5.58. The van der Waals surface area contributed by atoms with Crippen LogP contribution in [0.5, 0.6) is 5.75 Å². The molecule has 0 unspecified atom stereocenters. The van der Waals surface area contributed by atoms with Crippen molar-refractivity contribution in [3.05, 3.63) is 83.4 Å². The van der Waals surface area contributed by atoms with Gasteiger partial charge >= 0.3 is 0 Å². The molecule has 172 valence electrons. The van der Waals surface area contributed by atoms with Crippen molar-refractivity contribution in [3.63, 3.8) is 0 Å². The van der Waals surface area contributed by atoms with Crippen molar-refractivity contribution >= 4 is 33.1 Å². The van der Waals surface area contributed by atoms with Gasteiger partial charge in [-0.2, -0.15) is 13.7 Å². The Hall–Kier alpha value is -3.78. The normalized spacial score (nSPS) is 11.1. The number of nitrogens with zero attached hydrogens (tertiary/aromatic N) is 3. The summed E-state index contributed by atoms with van der Waals surface area (Å²) in [5.74, 6) is 0.924. The van der Waals surface area contributed by atoms with Crippen LogP contribution in [0.15, 0.2) is 77.1 Å². The fourth-order valence-electron chi connectivity index (χ4n) is 3.09. The quantitative estimate of drug-likeness (QED) is 0.259. The van der Waals surface area contributed by atoms with E-state index in [0.29, 0.717) is 28.5 Å². The summed E-state index contributed by atoms with van der Waals surface area (Å²) in [4.78, 5) is 9.72. The zero-order valence-electron chi connectivity index (χ0n) is 18.1. The molecule has 34 heavy (non-hydrogen) atoms. The number of hydrogen-bond donors (Lipinski definition) is 1. The van der Waals surface area contributed by atoms with Gasteiger partial charge in [0.05, 0.1) is 21.5 Å². The van der Waals surface area contributed by atoms with Crippen LogP contribution in [-0.2, 0) is 14.3 Å². The van der Waals surface area contributed by atoms with E-state index in [1.807, 2.05) is 17.5 Å². The molecule has 2 heterocycles. The van der Waals surface area contributed by atoms with Crippen LogP contribution in [0.4, 0.5) is 11.6 Å². The van der Waals surface area contributed by atoms with E-state index in [4.69, 9.17) is 8.92 Å². The van der Waals surface area contributed by atoms with Gasteiger partial charge in [0.1, 0.15) is 30.7 Å². The van der Waals surface area contributed by atoms with Gasteiger partial charge in [-0.05, 0) is 54.3 Å². The first-order valence-corrected chi connectivity index (χ1v) is 12.5. The van der Waals surface area contributed by atoms with Crippen LogP contribution in [-0.4, -0.2) is 31.6 Å². The smallest absolute Gasteiger partial charge is 0.297 e. The molecular formula is C24H20N4O4S2. The zero-order valence-corrected chi connectivity index (χ0v) is 19.8. The molecule has 0 radical (unpaired) electrons. The van der Waals surface area contributed by atoms with Crippen molar-refractivity contribution in [2.75, 3.05) is 18.5 Å². The van der Waals surface area contributed by atoms with Gasteiger partial charge in [0.25, 0.3) is 10.1 Å². The molecule has 10 heteroatoms. The van der Waals surface area contributed by atoms with Gasteiger partial charge < -0.3 is 10.1 Å². The van der Waals surface area contributed by atoms with Crippen molar-refractivity contribution in [2.45, 2.75) is 11.8 Å². The lowest BCUT2D eigenvalue weighted by atomic mass is 10.2. The minimum Gasteiger partial charge on any atom is -0.491 e. The summed E-state index contributed by atoms with van der Waals surface area (Å²) in [5.41, 5.74) is 2.34. The maximum absolute atomic E-state index is 12.3. The summed E-state index contributed by atoms with van der Waals surface area (Å²) in [6, 6.07) is 19.6. The summed E-state index contributed by atoms with van der Waals surface area (Å²) in [6.45, 7) is 1.68. The fourth-order valence-corrected chi connectivity index (χ4v) is 4.94. The number of hydrogen-bond acceptors (Lipinski definition) is 9. The Bertz CT molecular complexity index is 1410. The van der Waals surface area contributed by atoms with Crippen LogP contribution >= 0.6 is 11.3 Å². The second-order valence-electron chi connectivity index (χ2n) is 7.08. The average molecular weight is 493 g/mol. The van der Waals surface area contributed by atoms with E-state index in [1.165, 1.54) is 23.6 Å². The standard InChI is InChI=1S/C24H20N4O4S2/c1-17-5-2-3-7-22(17)34(29,30)32-13-12-31-20-10-8-19(9-11-20)27-24-26-16-18(15-25)23(28-24)21-6-4-14-33-21/h2-11,14,16H,12-13H2,1H3,(H,26,27,28). The van der Waals surface area contributed by atoms with Crippen molar-refractivity contribution in [1.29, 1.82) is 5.26 Å². The number of aryl methyl sites for hydroxylation is 1. The lowest BCUT2D eigenvalue weighted by Gasteiger charge is -2.10. The molecule has 4 rings (SSSR count). The molecule has 1 N–H and O–H groups in total. The Balaban J connectivity index is 1.33. The minimum atomic E-state index is -3.83. The molecule has 0 saturated carbocycles. The van der Waals surface area contributed by atoms with Gasteiger partial charge in [-0.25, -0.2) is 9.97 Å². The highest BCUT2D eigenvalue weighted by Crippen LogP contribution is 2.27. The lowest BCUT2D eigenvalue weighted by molar-refractivity contribution is 0.221. The summed E-state index contributed by atoms with van der Waals surface area (Å²) in [6.07, 6.45) is 1.49. The van der Waals surface area contributed by atoms with E-state index >= 15 is 0 Å². The first-order valence-electron chi connectivity index (χ1n) is 10.2. The molecule has 8 nitrogen and oxygen atoms in total. The first kappa shape index (κ1) is 23.4. The highest BCUT2D eigenvalue weighted by molar-refractivity contribution is 7.86. The van der Waals surface area contributed by atoms with Crippen molar-refractivity contribution in [2.24, 2.45) is 0 Å². The predicted octanol–water partition coefficient (Wildman–Crippen LogP) is 4.91. The molecule has 0 fully saturated rings. The summed E-state index contributed by atoms with van der Waals surface area (Å²) >= 11 is 1.50. The van der Waals surface area contributed by atoms with Gasteiger partial charge in [-0.1, -0.05) is 24.3 Å². The van der Waals surface area contributed by atoms with Crippen LogP contribution in [0.1, 0.15) is 11.1 Å². The summed E-state index contributed by atoms with van der Waals surface area (Å²) < 4.78 is 35.3. The van der Waals surface area contributed by atoms with E-state index in [-0.39, 0.29) is 18.1 Å². The third-order valence-corrected chi connectivity index (χ3v) is 7.08. The van der Waals surface area contributed by atoms with Crippen molar-refractivity contribution < 1.29 is 17.3 Å². The summed E-state index contributed by atoms with van der Waals surface area (Å²) in [7, 11) is -3.83. The highest BCUT2D eigenvalue weighted by atomic mass is 32.2. The van der Waals surface area contributed by atoms with E-state index in [1.54, 1.807) is 49.4 Å². The molecular weight excluding hydrogens is 472 g/mol. The molecule has 0 amide bonds. The van der Waals surface area contributed by atoms with Gasteiger partial charge in [0, 0.05) is 5.69 Å². The summed E-state index contributed by atoms with van der Waals surface area (Å²) in [5, 5.41) is 14.4. The maximum Gasteiger partial charge on any atom is 0.297 e. The SMILES string of the molecule is Cc1ccccc1S(=O)(=O)OCCOc1ccc(Nc2ncc(C#N)c(-c3cccs3)n2)cc1. The number of nitrogens with one attached hydrogen (secondary N) is 1. The van der Waals surface area contributed by atoms with Crippen LogP contribution in [0.2, 0.25) is 0 Å². The van der Waals surface area contributed by atoms with Gasteiger partial charge in [0.2, 0.25) is 5.95 Å². The molecule has 0 aliphatic heterocycles. The number of rotatable bonds is 9. The zero-order chi connectivity index (χ0) is 24.0. The van der Waals surface area contributed by atoms with E-state index < -0.39 is 10.1 Å². The number of anilines is 2. The molecule has 0 spiro atoms. The largest absolute Gasteiger partial charge is 0.491 e. The molecule has 2 aromatic carbocycles. The first-order chi connectivity index (χ1) is 16.5. The topological polar surface area (TPSA) is 114 Å². The Morgan fingerprint density at radius 3 is 2.56 bits per heavy atom. The van der Waals surface area contributed by atoms with Crippen LogP contribution in [0.25, 0.3) is 10.6 Å². The van der Waals surface area contributed by atoms with Crippen LogP contribution in [0.3, 0.4) is 0 Å². The highest BCUT2D eigenvalue weighted by Gasteiger charge is 2.17. The average Bonchev–Trinajstić information content (AvgIpc) is 3.38. The lowest BCUT2D eigenvalue weighted by Crippen LogP contribution is -2.13. The van der Waals surface area contributed by atoms with Crippen LogP contribution in [0, 0.1) is 18.3 Å². The number of nitriles is 1. The Kier molecular flexibility index (Phi) is 7.18. The second-order valence-corrected chi connectivity index (χ2v) is 9.62. The van der Waals surface area contributed by atoms with E-state index in [9.17, 15) is 13.7 Å². The van der Waals surface area contributed by atoms with Crippen LogP contribution < -0.4 is 10.1 Å². The van der Waals surface area contributed by atoms with Crippen molar-refractivity contribution in [1.82, 2.24) is 9.97 Å². The van der Waals surface area contributed by atoms with E-state index in [2.05, 4.69) is 21.4 Å². The number of ether oxygens (including phenoxy) is 1. The molecule has 0 aliphatic carbocycles. The Labute approximate surface area is 201 Å². The minimum absolute atomic E-state index is 0.0702. The fraction of sp³-hybridized carbons (Fsp3) is 0.125. The van der Waals surface area contributed by atoms with Gasteiger partial charge in [-0.3, -0.25) is 4.18 Å². The predicted molar refractivity (Wildman–Crippen MR) is 130 cm³/mol. The monoisotopic (exact) mass is 492 g/mol. The van der Waals surface area contributed by atoms with Gasteiger partial charge in [-0.15, -0.1) is 11.3 Å². The molecule has 0 atom stereocenters.